The number of nitrogens with zero attached hydrogens (tertiary/aromatic N) is 3. The number of hydrogen-bond acceptors (Lipinski definition) is 8. The van der Waals surface area contributed by atoms with Gasteiger partial charge in [0.2, 0.25) is 5.88 Å². The van der Waals surface area contributed by atoms with Crippen LogP contribution in [0.4, 0.5) is 0 Å². The number of amidine groups is 1. The van der Waals surface area contributed by atoms with Gasteiger partial charge in [0.15, 0.2) is 12.4 Å². The molecule has 1 heterocycles. The van der Waals surface area contributed by atoms with E-state index in [9.17, 15) is 0 Å². The lowest BCUT2D eigenvalue weighted by Gasteiger charge is -2.07. The van der Waals surface area contributed by atoms with E-state index in [0.29, 0.717) is 30.6 Å². The third-order valence-electron chi connectivity index (χ3n) is 3.50. The smallest absolute Gasteiger partial charge is 0.213 e. The normalized spacial score (nSPS) is 11.8. The second kappa shape index (κ2) is 10.6. The molecule has 0 saturated heterocycles. The fraction of sp³-hybridized carbons (Fsp3) is 0.278. The molecule has 0 radical (unpaired) electrons. The summed E-state index contributed by atoms with van der Waals surface area (Å²) in [6, 6.07) is 11.2. The SMILES string of the molecule is CCOc1ccc(CON=C(C)c2ccc(OC/C(=N\N)NN)nc2)cc1. The molecule has 0 saturated carbocycles. The first-order valence-electron chi connectivity index (χ1n) is 8.37. The van der Waals surface area contributed by atoms with Crippen molar-refractivity contribution in [2.45, 2.75) is 20.5 Å². The average Bonchev–Trinajstić information content (AvgIpc) is 2.70. The number of hydrogen-bond donors (Lipinski definition) is 3. The molecule has 0 aliphatic heterocycles. The van der Waals surface area contributed by atoms with Gasteiger partial charge in [0, 0.05) is 17.8 Å². The number of aromatic nitrogens is 1. The minimum Gasteiger partial charge on any atom is -0.494 e. The maximum absolute atomic E-state index is 5.41. The number of ether oxygens (including phenoxy) is 2. The highest BCUT2D eigenvalue weighted by atomic mass is 16.6. The molecule has 0 aliphatic carbocycles. The number of pyridine rings is 1. The van der Waals surface area contributed by atoms with Crippen molar-refractivity contribution in [1.82, 2.24) is 10.4 Å². The zero-order valence-corrected chi connectivity index (χ0v) is 15.4. The first-order chi connectivity index (χ1) is 13.2. The molecule has 0 amide bonds. The van der Waals surface area contributed by atoms with Gasteiger partial charge in [-0.3, -0.25) is 0 Å². The summed E-state index contributed by atoms with van der Waals surface area (Å²) in [7, 11) is 0. The molecule has 0 spiro atoms. The molecule has 0 aliphatic rings. The Morgan fingerprint density at radius 2 is 1.93 bits per heavy atom. The van der Waals surface area contributed by atoms with Gasteiger partial charge in [0.25, 0.3) is 0 Å². The lowest BCUT2D eigenvalue weighted by atomic mass is 10.2. The van der Waals surface area contributed by atoms with E-state index in [4.69, 9.17) is 26.0 Å². The Labute approximate surface area is 158 Å². The van der Waals surface area contributed by atoms with E-state index < -0.39 is 0 Å². The Morgan fingerprint density at radius 1 is 1.15 bits per heavy atom. The van der Waals surface area contributed by atoms with Crippen molar-refractivity contribution in [3.8, 4) is 11.6 Å². The molecule has 2 aromatic rings. The van der Waals surface area contributed by atoms with E-state index in [1.54, 1.807) is 12.3 Å². The van der Waals surface area contributed by atoms with E-state index in [0.717, 1.165) is 16.9 Å². The van der Waals surface area contributed by atoms with Crippen LogP contribution in [0.1, 0.15) is 25.0 Å². The van der Waals surface area contributed by atoms with Gasteiger partial charge in [-0.2, -0.15) is 5.10 Å². The number of hydrazone groups is 1. The molecule has 0 fully saturated rings. The van der Waals surface area contributed by atoms with Crippen LogP contribution in [0.3, 0.4) is 0 Å². The molecule has 0 bridgehead atoms. The maximum Gasteiger partial charge on any atom is 0.213 e. The molecule has 9 nitrogen and oxygen atoms in total. The van der Waals surface area contributed by atoms with Crippen molar-refractivity contribution in [2.75, 3.05) is 13.2 Å². The van der Waals surface area contributed by atoms with E-state index >= 15 is 0 Å². The average molecular weight is 372 g/mol. The van der Waals surface area contributed by atoms with Gasteiger partial charge in [-0.05, 0) is 37.6 Å². The summed E-state index contributed by atoms with van der Waals surface area (Å²) in [6.45, 7) is 4.89. The van der Waals surface area contributed by atoms with Crippen molar-refractivity contribution >= 4 is 11.5 Å². The fourth-order valence-electron chi connectivity index (χ4n) is 2.04. The third-order valence-corrected chi connectivity index (χ3v) is 3.50. The summed E-state index contributed by atoms with van der Waals surface area (Å²) >= 11 is 0. The number of oxime groups is 1. The number of rotatable bonds is 9. The lowest BCUT2D eigenvalue weighted by Crippen LogP contribution is -2.35. The minimum atomic E-state index is 0.0949. The van der Waals surface area contributed by atoms with Crippen molar-refractivity contribution in [2.24, 2.45) is 21.9 Å². The molecular formula is C18H24N6O3. The van der Waals surface area contributed by atoms with Gasteiger partial charge < -0.3 is 25.6 Å². The summed E-state index contributed by atoms with van der Waals surface area (Å²) < 4.78 is 10.8. The predicted molar refractivity (Wildman–Crippen MR) is 103 cm³/mol. The highest BCUT2D eigenvalue weighted by Crippen LogP contribution is 2.13. The van der Waals surface area contributed by atoms with Crippen molar-refractivity contribution in [3.63, 3.8) is 0 Å². The van der Waals surface area contributed by atoms with E-state index in [-0.39, 0.29) is 6.61 Å². The largest absolute Gasteiger partial charge is 0.494 e. The summed E-state index contributed by atoms with van der Waals surface area (Å²) in [6.07, 6.45) is 1.64. The highest BCUT2D eigenvalue weighted by Gasteiger charge is 2.03. The topological polar surface area (TPSA) is 129 Å². The van der Waals surface area contributed by atoms with Gasteiger partial charge in [-0.15, -0.1) is 0 Å². The number of hydrazine groups is 1. The number of benzene rings is 1. The summed E-state index contributed by atoms with van der Waals surface area (Å²) in [5, 5.41) is 7.55. The first kappa shape index (κ1) is 20.0. The fourth-order valence-corrected chi connectivity index (χ4v) is 2.04. The number of nitrogens with one attached hydrogen (secondary N) is 1. The molecular weight excluding hydrogens is 348 g/mol. The lowest BCUT2D eigenvalue weighted by molar-refractivity contribution is 0.130. The molecule has 1 aromatic heterocycles. The summed E-state index contributed by atoms with van der Waals surface area (Å²) in [5.74, 6) is 11.9. The second-order valence-electron chi connectivity index (χ2n) is 5.42. The van der Waals surface area contributed by atoms with Gasteiger partial charge in [0.05, 0.1) is 12.3 Å². The molecule has 27 heavy (non-hydrogen) atoms. The second-order valence-corrected chi connectivity index (χ2v) is 5.42. The maximum atomic E-state index is 5.41. The summed E-state index contributed by atoms with van der Waals surface area (Å²) in [4.78, 5) is 9.61. The molecule has 144 valence electrons. The molecule has 1 aromatic carbocycles. The Morgan fingerprint density at radius 3 is 2.52 bits per heavy atom. The zero-order chi connectivity index (χ0) is 19.5. The van der Waals surface area contributed by atoms with Crippen LogP contribution in [0, 0.1) is 0 Å². The van der Waals surface area contributed by atoms with Gasteiger partial charge >= 0.3 is 0 Å². The Kier molecular flexibility index (Phi) is 7.86. The Balaban J connectivity index is 1.86. The van der Waals surface area contributed by atoms with Crippen LogP contribution < -0.4 is 26.6 Å². The monoisotopic (exact) mass is 372 g/mol. The van der Waals surface area contributed by atoms with E-state index in [2.05, 4.69) is 20.7 Å². The molecule has 9 heteroatoms. The van der Waals surface area contributed by atoms with Crippen LogP contribution >= 0.6 is 0 Å². The molecule has 2 rings (SSSR count). The van der Waals surface area contributed by atoms with Crippen molar-refractivity contribution in [3.05, 3.63) is 53.7 Å². The van der Waals surface area contributed by atoms with Crippen LogP contribution in [0.5, 0.6) is 11.6 Å². The van der Waals surface area contributed by atoms with Crippen LogP contribution in [-0.4, -0.2) is 29.7 Å². The van der Waals surface area contributed by atoms with Gasteiger partial charge in [-0.25, -0.2) is 10.8 Å². The van der Waals surface area contributed by atoms with Crippen LogP contribution in [-0.2, 0) is 11.4 Å². The molecule has 0 unspecified atom stereocenters. The van der Waals surface area contributed by atoms with Crippen molar-refractivity contribution < 1.29 is 14.3 Å². The number of nitrogens with two attached hydrogens (primary N) is 2. The highest BCUT2D eigenvalue weighted by molar-refractivity contribution is 5.98. The summed E-state index contributed by atoms with van der Waals surface area (Å²) in [5.41, 5.74) is 4.85. The third kappa shape index (κ3) is 6.48. The predicted octanol–water partition coefficient (Wildman–Crippen LogP) is 1.54. The first-order valence-corrected chi connectivity index (χ1v) is 8.37. The van der Waals surface area contributed by atoms with E-state index in [1.165, 1.54) is 0 Å². The Bertz CT molecular complexity index is 760. The Hall–Kier alpha value is -3.33. The quantitative estimate of drug-likeness (QED) is 0.263. The van der Waals surface area contributed by atoms with Crippen LogP contribution in [0.15, 0.2) is 52.9 Å². The molecule has 5 N–H and O–H groups in total. The van der Waals surface area contributed by atoms with E-state index in [1.807, 2.05) is 44.2 Å². The van der Waals surface area contributed by atoms with Gasteiger partial charge in [-0.1, -0.05) is 17.3 Å². The van der Waals surface area contributed by atoms with Crippen molar-refractivity contribution in [1.29, 1.82) is 0 Å². The van der Waals surface area contributed by atoms with Crippen LogP contribution in [0.2, 0.25) is 0 Å². The van der Waals surface area contributed by atoms with Gasteiger partial charge in [0.1, 0.15) is 12.4 Å². The molecule has 0 atom stereocenters. The zero-order valence-electron chi connectivity index (χ0n) is 15.4. The van der Waals surface area contributed by atoms with Crippen LogP contribution in [0.25, 0.3) is 0 Å². The minimum absolute atomic E-state index is 0.0949. The standard InChI is InChI=1S/C18H24N6O3/c1-3-25-16-7-4-14(5-8-16)11-27-24-13(2)15-6-9-18(21-10-15)26-12-17(22-19)23-20/h4-10H,3,11-12,19-20H2,1-2H3,(H,22,23).